The van der Waals surface area contributed by atoms with Gasteiger partial charge in [-0.1, -0.05) is 25.1 Å². The van der Waals surface area contributed by atoms with Crippen LogP contribution in [0.2, 0.25) is 0 Å². The molecule has 1 heterocycles. The normalized spacial score (nSPS) is 23.8. The van der Waals surface area contributed by atoms with Gasteiger partial charge in [0.05, 0.1) is 13.2 Å². The van der Waals surface area contributed by atoms with Gasteiger partial charge in [-0.2, -0.15) is 0 Å². The Hall–Kier alpha value is -1.10. The van der Waals surface area contributed by atoms with E-state index in [0.29, 0.717) is 6.04 Å². The molecule has 0 radical (unpaired) electrons. The molecule has 0 aromatic heterocycles. The number of rotatable bonds is 5. The van der Waals surface area contributed by atoms with Crippen molar-refractivity contribution in [1.29, 1.82) is 0 Å². The lowest BCUT2D eigenvalue weighted by Crippen LogP contribution is -2.54. The van der Waals surface area contributed by atoms with Crippen LogP contribution in [0.4, 0.5) is 0 Å². The summed E-state index contributed by atoms with van der Waals surface area (Å²) in [6.07, 6.45) is 0. The lowest BCUT2D eigenvalue weighted by atomic mass is 9.96. The van der Waals surface area contributed by atoms with Crippen molar-refractivity contribution in [3.05, 3.63) is 29.8 Å². The second-order valence-electron chi connectivity index (χ2n) is 6.02. The quantitative estimate of drug-likeness (QED) is 0.902. The van der Waals surface area contributed by atoms with Crippen LogP contribution in [-0.2, 0) is 0 Å². The first-order chi connectivity index (χ1) is 10.1. The van der Waals surface area contributed by atoms with Crippen molar-refractivity contribution in [2.24, 2.45) is 5.73 Å². The molecule has 3 atom stereocenters. The van der Waals surface area contributed by atoms with E-state index < -0.39 is 0 Å². The minimum atomic E-state index is 0.0710. The molecule has 118 valence electrons. The molecule has 2 N–H and O–H groups in total. The van der Waals surface area contributed by atoms with Crippen molar-refractivity contribution in [1.82, 2.24) is 9.80 Å². The predicted molar refractivity (Wildman–Crippen MR) is 87.7 cm³/mol. The standard InChI is InChI=1S/C17H29N3O/c1-5-19-10-11-20(12-13(19)2)17(14(3)18)15-8-6-7-9-16(15)21-4/h6-9,13-14,17H,5,10-12,18H2,1-4H3. The molecule has 0 aliphatic carbocycles. The molecule has 0 saturated carbocycles. The predicted octanol–water partition coefficient (Wildman–Crippen LogP) is 2.11. The van der Waals surface area contributed by atoms with Gasteiger partial charge in [-0.25, -0.2) is 0 Å². The summed E-state index contributed by atoms with van der Waals surface area (Å²) in [5.74, 6) is 0.936. The van der Waals surface area contributed by atoms with Gasteiger partial charge in [-0.3, -0.25) is 9.80 Å². The molecule has 1 aromatic rings. The van der Waals surface area contributed by atoms with E-state index in [4.69, 9.17) is 10.5 Å². The van der Waals surface area contributed by atoms with E-state index in [0.717, 1.165) is 31.9 Å². The highest BCUT2D eigenvalue weighted by atomic mass is 16.5. The molecule has 0 bridgehead atoms. The maximum Gasteiger partial charge on any atom is 0.123 e. The first kappa shape index (κ1) is 16.3. The highest BCUT2D eigenvalue weighted by Crippen LogP contribution is 2.32. The van der Waals surface area contributed by atoms with Crippen LogP contribution >= 0.6 is 0 Å². The Kier molecular flexibility index (Phi) is 5.62. The fourth-order valence-electron chi connectivity index (χ4n) is 3.47. The minimum Gasteiger partial charge on any atom is -0.496 e. The summed E-state index contributed by atoms with van der Waals surface area (Å²) in [4.78, 5) is 5.04. The Morgan fingerprint density at radius 2 is 2.05 bits per heavy atom. The van der Waals surface area contributed by atoms with Crippen LogP contribution < -0.4 is 10.5 Å². The summed E-state index contributed by atoms with van der Waals surface area (Å²) >= 11 is 0. The number of piperazine rings is 1. The molecule has 1 aromatic carbocycles. The zero-order valence-electron chi connectivity index (χ0n) is 13.7. The number of nitrogens with zero attached hydrogens (tertiary/aromatic N) is 2. The van der Waals surface area contributed by atoms with Crippen molar-refractivity contribution in [3.8, 4) is 5.75 Å². The van der Waals surface area contributed by atoms with Crippen LogP contribution in [-0.4, -0.2) is 55.2 Å². The molecule has 21 heavy (non-hydrogen) atoms. The average Bonchev–Trinajstić information content (AvgIpc) is 2.48. The summed E-state index contributed by atoms with van der Waals surface area (Å²) in [5.41, 5.74) is 7.53. The second kappa shape index (κ2) is 7.25. The van der Waals surface area contributed by atoms with Crippen LogP contribution in [0, 0.1) is 0 Å². The van der Waals surface area contributed by atoms with Crippen molar-refractivity contribution in [2.45, 2.75) is 38.9 Å². The molecule has 1 aliphatic heterocycles. The fourth-order valence-corrected chi connectivity index (χ4v) is 3.47. The van der Waals surface area contributed by atoms with Crippen molar-refractivity contribution in [3.63, 3.8) is 0 Å². The SMILES string of the molecule is CCN1CCN(C(c2ccccc2OC)C(C)N)CC1C. The lowest BCUT2D eigenvalue weighted by molar-refractivity contribution is 0.0508. The third-order valence-corrected chi connectivity index (χ3v) is 4.55. The van der Waals surface area contributed by atoms with Gasteiger partial charge in [0.15, 0.2) is 0 Å². The average molecular weight is 291 g/mol. The van der Waals surface area contributed by atoms with Gasteiger partial charge >= 0.3 is 0 Å². The number of methoxy groups -OCH3 is 1. The molecule has 1 saturated heterocycles. The number of nitrogens with two attached hydrogens (primary N) is 1. The van der Waals surface area contributed by atoms with Crippen LogP contribution in [0.5, 0.6) is 5.75 Å². The Balaban J connectivity index is 2.24. The van der Waals surface area contributed by atoms with Gasteiger partial charge in [0.2, 0.25) is 0 Å². The summed E-state index contributed by atoms with van der Waals surface area (Å²) in [5, 5.41) is 0. The van der Waals surface area contributed by atoms with Crippen LogP contribution in [0.15, 0.2) is 24.3 Å². The molecule has 2 rings (SSSR count). The van der Waals surface area contributed by atoms with Gasteiger partial charge < -0.3 is 10.5 Å². The van der Waals surface area contributed by atoms with Crippen LogP contribution in [0.3, 0.4) is 0 Å². The Morgan fingerprint density at radius 3 is 2.62 bits per heavy atom. The zero-order chi connectivity index (χ0) is 15.4. The first-order valence-corrected chi connectivity index (χ1v) is 7.95. The molecule has 0 spiro atoms. The maximum absolute atomic E-state index is 6.32. The maximum atomic E-state index is 6.32. The Morgan fingerprint density at radius 1 is 1.33 bits per heavy atom. The lowest BCUT2D eigenvalue weighted by Gasteiger charge is -2.44. The molecule has 4 nitrogen and oxygen atoms in total. The highest BCUT2D eigenvalue weighted by molar-refractivity contribution is 5.36. The monoisotopic (exact) mass is 291 g/mol. The van der Waals surface area contributed by atoms with Gasteiger partial charge in [-0.15, -0.1) is 0 Å². The van der Waals surface area contributed by atoms with E-state index in [9.17, 15) is 0 Å². The number of para-hydroxylation sites is 1. The Labute approximate surface area is 128 Å². The molecule has 3 unspecified atom stereocenters. The molecule has 4 heteroatoms. The van der Waals surface area contributed by atoms with Crippen LogP contribution in [0.1, 0.15) is 32.4 Å². The van der Waals surface area contributed by atoms with Gasteiger partial charge in [0.1, 0.15) is 5.75 Å². The minimum absolute atomic E-state index is 0.0710. The molecule has 1 aliphatic rings. The molecular weight excluding hydrogens is 262 g/mol. The van der Waals surface area contributed by atoms with E-state index >= 15 is 0 Å². The van der Waals surface area contributed by atoms with E-state index in [1.807, 2.05) is 12.1 Å². The number of benzene rings is 1. The topological polar surface area (TPSA) is 41.7 Å². The van der Waals surface area contributed by atoms with E-state index in [-0.39, 0.29) is 12.1 Å². The number of hydrogen-bond acceptors (Lipinski definition) is 4. The molecule has 0 amide bonds. The molecular formula is C17H29N3O. The summed E-state index contributed by atoms with van der Waals surface area (Å²) < 4.78 is 5.54. The van der Waals surface area contributed by atoms with Crippen molar-refractivity contribution >= 4 is 0 Å². The third-order valence-electron chi connectivity index (χ3n) is 4.55. The van der Waals surface area contributed by atoms with Gasteiger partial charge in [0.25, 0.3) is 0 Å². The smallest absolute Gasteiger partial charge is 0.123 e. The summed E-state index contributed by atoms with van der Waals surface area (Å²) in [6.45, 7) is 11.0. The van der Waals surface area contributed by atoms with Gasteiger partial charge in [-0.05, 0) is 26.5 Å². The third kappa shape index (κ3) is 3.57. The number of ether oxygens (including phenoxy) is 1. The number of likely N-dealkylation sites (N-methyl/N-ethyl adjacent to an activating group) is 1. The first-order valence-electron chi connectivity index (χ1n) is 7.95. The van der Waals surface area contributed by atoms with E-state index in [1.54, 1.807) is 7.11 Å². The number of hydrogen-bond donors (Lipinski definition) is 1. The second-order valence-corrected chi connectivity index (χ2v) is 6.02. The van der Waals surface area contributed by atoms with Crippen molar-refractivity contribution < 1.29 is 4.74 Å². The van der Waals surface area contributed by atoms with Crippen LogP contribution in [0.25, 0.3) is 0 Å². The summed E-state index contributed by atoms with van der Waals surface area (Å²) in [6, 6.07) is 9.10. The molecule has 1 fully saturated rings. The van der Waals surface area contributed by atoms with E-state index in [1.165, 1.54) is 5.56 Å². The summed E-state index contributed by atoms with van der Waals surface area (Å²) in [7, 11) is 1.73. The van der Waals surface area contributed by atoms with Crippen molar-refractivity contribution in [2.75, 3.05) is 33.3 Å². The van der Waals surface area contributed by atoms with Gasteiger partial charge in [0, 0.05) is 37.3 Å². The fraction of sp³-hybridized carbons (Fsp3) is 0.647. The largest absolute Gasteiger partial charge is 0.496 e. The highest BCUT2D eigenvalue weighted by Gasteiger charge is 2.31. The zero-order valence-corrected chi connectivity index (χ0v) is 13.7. The Bertz CT molecular complexity index is 449. The van der Waals surface area contributed by atoms with E-state index in [2.05, 4.69) is 42.7 Å².